The minimum atomic E-state index is -0.394. The molecule has 3 aromatic rings. The van der Waals surface area contributed by atoms with E-state index in [0.29, 0.717) is 0 Å². The van der Waals surface area contributed by atoms with Gasteiger partial charge in [-0.15, -0.1) is 10.9 Å². The maximum absolute atomic E-state index is 6.62. The SMILES string of the molecule is Bc1c(B)c(B)c(N(c2c(B)c(B)c(B)c(B)c2B)c2c(B)c(B)c(B3OC(C)(C)C(C)(C)O3)c(B)c2B)c(B)c1B. The van der Waals surface area contributed by atoms with Gasteiger partial charge in [0, 0.05) is 17.1 Å². The highest BCUT2D eigenvalue weighted by molar-refractivity contribution is 6.78. The summed E-state index contributed by atoms with van der Waals surface area (Å²) in [6.45, 7) is 8.53. The molecule has 1 aliphatic rings. The molecule has 0 amide bonds. The van der Waals surface area contributed by atoms with Crippen LogP contribution in [-0.4, -0.2) is 128 Å². The fraction of sp³-hybridized carbons (Fsp3) is 0.250. The van der Waals surface area contributed by atoms with Crippen LogP contribution in [0.25, 0.3) is 0 Å². The highest BCUT2D eigenvalue weighted by atomic mass is 16.7. The Morgan fingerprint density at radius 2 is 0.595 bits per heavy atom. The Balaban J connectivity index is 2.17. The summed E-state index contributed by atoms with van der Waals surface area (Å²) in [7, 11) is 31.5. The third-order valence-corrected chi connectivity index (χ3v) is 11.7. The molecule has 1 saturated heterocycles. The van der Waals surface area contributed by atoms with Crippen molar-refractivity contribution in [2.24, 2.45) is 0 Å². The standard InChI is InChI=1S/C24H40B15NO2/c1-23(2)24(3,4)42-39(41-23)19-11(31)17(37)22(18(38)12(19)32)40(20-13(33)7(27)5(25)8(28)14(20)34)21-15(35)9(29)6(26)10(30)16(21)36/h25-38H2,1-4H3. The molecule has 1 fully saturated rings. The lowest BCUT2D eigenvalue weighted by molar-refractivity contribution is 0.00578. The maximum Gasteiger partial charge on any atom is 0.493 e. The Morgan fingerprint density at radius 1 is 0.381 bits per heavy atom. The molecule has 0 N–H and O–H groups in total. The monoisotopic (exact) mass is 539 g/mol. The van der Waals surface area contributed by atoms with E-state index in [0.717, 1.165) is 0 Å². The van der Waals surface area contributed by atoms with E-state index < -0.39 is 7.12 Å². The Kier molecular flexibility index (Phi) is 8.75. The van der Waals surface area contributed by atoms with Crippen molar-refractivity contribution in [3.8, 4) is 0 Å². The molecule has 0 atom stereocenters. The number of hydrogen-bond acceptors (Lipinski definition) is 3. The molecule has 0 aromatic heterocycles. The Hall–Kier alpha value is -1.65. The fourth-order valence-electron chi connectivity index (χ4n) is 6.94. The molecule has 1 heterocycles. The van der Waals surface area contributed by atoms with Gasteiger partial charge in [-0.05, 0) is 33.2 Å². The Morgan fingerprint density at radius 3 is 0.857 bits per heavy atom. The number of nitrogens with zero attached hydrogens (tertiary/aromatic N) is 1. The van der Waals surface area contributed by atoms with Gasteiger partial charge in [-0.25, -0.2) is 0 Å². The first-order valence-corrected chi connectivity index (χ1v) is 15.6. The maximum atomic E-state index is 6.62. The van der Waals surface area contributed by atoms with E-state index in [1.54, 1.807) is 0 Å². The number of hydrogen-bond donors (Lipinski definition) is 0. The molecule has 4 rings (SSSR count). The smallest absolute Gasteiger partial charge is 0.399 e. The van der Waals surface area contributed by atoms with Crippen LogP contribution in [0, 0.1) is 0 Å². The normalized spacial score (nSPS) is 15.7. The van der Waals surface area contributed by atoms with Crippen LogP contribution in [0.2, 0.25) is 0 Å². The van der Waals surface area contributed by atoms with Gasteiger partial charge in [0.1, 0.15) is 110 Å². The summed E-state index contributed by atoms with van der Waals surface area (Å²) < 4.78 is 13.2. The molecule has 0 aliphatic carbocycles. The van der Waals surface area contributed by atoms with Crippen LogP contribution >= 0.6 is 0 Å². The molecular weight excluding hydrogens is 496 g/mol. The molecule has 42 heavy (non-hydrogen) atoms. The molecule has 18 heteroatoms. The third-order valence-electron chi connectivity index (χ3n) is 11.7. The summed E-state index contributed by atoms with van der Waals surface area (Å²) in [4.78, 5) is 2.62. The number of rotatable bonds is 4. The highest BCUT2D eigenvalue weighted by Crippen LogP contribution is 2.36. The van der Waals surface area contributed by atoms with Crippen molar-refractivity contribution in [2.75, 3.05) is 4.90 Å². The van der Waals surface area contributed by atoms with E-state index in [-0.39, 0.29) is 11.2 Å². The first-order valence-electron chi connectivity index (χ1n) is 15.6. The van der Waals surface area contributed by atoms with Crippen LogP contribution in [0.3, 0.4) is 0 Å². The van der Waals surface area contributed by atoms with Gasteiger partial charge < -0.3 is 14.2 Å². The summed E-state index contributed by atoms with van der Waals surface area (Å²) in [6.07, 6.45) is 0. The zero-order valence-corrected chi connectivity index (χ0v) is 29.8. The lowest BCUT2D eigenvalue weighted by Gasteiger charge is -2.39. The molecule has 3 aromatic carbocycles. The molecule has 3 nitrogen and oxygen atoms in total. The second-order valence-electron chi connectivity index (χ2n) is 14.1. The molecule has 0 spiro atoms. The predicted molar refractivity (Wildman–Crippen MR) is 231 cm³/mol. The summed E-state index contributed by atoms with van der Waals surface area (Å²) >= 11 is 0. The van der Waals surface area contributed by atoms with Crippen molar-refractivity contribution in [3.05, 3.63) is 0 Å². The molecule has 0 radical (unpaired) electrons. The summed E-state index contributed by atoms with van der Waals surface area (Å²) in [5, 5.41) is 0. The zero-order valence-electron chi connectivity index (χ0n) is 29.8. The molecular formula is C24H40B15NO2. The van der Waals surface area contributed by atoms with E-state index in [2.05, 4.69) is 142 Å². The minimum Gasteiger partial charge on any atom is -0.399 e. The van der Waals surface area contributed by atoms with Crippen LogP contribution in [-0.2, 0) is 9.31 Å². The fourth-order valence-corrected chi connectivity index (χ4v) is 6.94. The first kappa shape index (κ1) is 33.3. The summed E-state index contributed by atoms with van der Waals surface area (Å²) in [6, 6.07) is 0. The van der Waals surface area contributed by atoms with Gasteiger partial charge in [0.05, 0.1) is 11.2 Å². The summed E-state index contributed by atoms with van der Waals surface area (Å²) in [5.41, 5.74) is 22.9. The van der Waals surface area contributed by atoms with Gasteiger partial charge in [-0.1, -0.05) is 65.6 Å². The molecule has 0 bridgehead atoms. The molecule has 198 valence electrons. The van der Waals surface area contributed by atoms with Gasteiger partial charge in [0.2, 0.25) is 0 Å². The topological polar surface area (TPSA) is 21.7 Å². The second-order valence-corrected chi connectivity index (χ2v) is 14.1. The van der Waals surface area contributed by atoms with Gasteiger partial charge in [-0.3, -0.25) is 0 Å². The van der Waals surface area contributed by atoms with Crippen molar-refractivity contribution in [3.63, 3.8) is 0 Å². The third kappa shape index (κ3) is 4.82. The number of benzene rings is 3. The van der Waals surface area contributed by atoms with Gasteiger partial charge in [0.15, 0.2) is 0 Å². The molecule has 0 unspecified atom stereocenters. The molecule has 0 saturated carbocycles. The van der Waals surface area contributed by atoms with Crippen LogP contribution in [0.15, 0.2) is 0 Å². The predicted octanol–water partition coefficient (Wildman–Crippen LogP) is -18.9. The average molecular weight is 537 g/mol. The lowest BCUT2D eigenvalue weighted by atomic mass is 9.56. The van der Waals surface area contributed by atoms with E-state index >= 15 is 0 Å². The van der Waals surface area contributed by atoms with Crippen LogP contribution in [0.1, 0.15) is 27.7 Å². The Labute approximate surface area is 268 Å². The minimum absolute atomic E-state index is 0.389. The molecule has 1 aliphatic heterocycles. The van der Waals surface area contributed by atoms with Crippen molar-refractivity contribution < 1.29 is 9.31 Å². The van der Waals surface area contributed by atoms with Crippen LogP contribution in [0.4, 0.5) is 17.1 Å². The second kappa shape index (κ2) is 11.1. The quantitative estimate of drug-likeness (QED) is 0.309. The summed E-state index contributed by atoms with van der Waals surface area (Å²) in [5.74, 6) is 0. The van der Waals surface area contributed by atoms with E-state index in [4.69, 9.17) is 9.31 Å². The largest absolute Gasteiger partial charge is 0.493 e. The van der Waals surface area contributed by atoms with Gasteiger partial charge in [0.25, 0.3) is 0 Å². The van der Waals surface area contributed by atoms with Gasteiger partial charge in [-0.2, -0.15) is 0 Å². The van der Waals surface area contributed by atoms with E-state index in [9.17, 15) is 0 Å². The Bertz CT molecular complexity index is 1480. The van der Waals surface area contributed by atoms with Gasteiger partial charge >= 0.3 is 7.12 Å². The average Bonchev–Trinajstić information content (AvgIpc) is 3.13. The number of anilines is 3. The first-order chi connectivity index (χ1) is 19.2. The van der Waals surface area contributed by atoms with Crippen LogP contribution in [0.5, 0.6) is 0 Å². The van der Waals surface area contributed by atoms with E-state index in [1.165, 1.54) is 99.0 Å². The highest BCUT2D eigenvalue weighted by Gasteiger charge is 2.52. The van der Waals surface area contributed by atoms with Crippen molar-refractivity contribution in [1.29, 1.82) is 0 Å². The zero-order chi connectivity index (χ0) is 32.0. The van der Waals surface area contributed by atoms with E-state index in [1.807, 2.05) is 0 Å². The van der Waals surface area contributed by atoms with Crippen molar-refractivity contribution in [2.45, 2.75) is 38.9 Å². The van der Waals surface area contributed by atoms with Crippen molar-refractivity contribution >= 4 is 216 Å². The lowest BCUT2D eigenvalue weighted by Crippen LogP contribution is -2.64. The van der Waals surface area contributed by atoms with Crippen molar-refractivity contribution in [1.82, 2.24) is 0 Å². The van der Waals surface area contributed by atoms with Crippen LogP contribution < -0.4 is 86.8 Å².